The molecule has 0 fully saturated rings. The largest absolute Gasteiger partial charge is 0.465 e. The number of aliphatic hydroxyl groups is 1. The summed E-state index contributed by atoms with van der Waals surface area (Å²) in [5.41, 5.74) is -0.444. The summed E-state index contributed by atoms with van der Waals surface area (Å²) in [6.45, 7) is 1.68. The lowest BCUT2D eigenvalue weighted by Crippen LogP contribution is -2.22. The van der Waals surface area contributed by atoms with E-state index in [1.807, 2.05) is 0 Å². The van der Waals surface area contributed by atoms with Crippen molar-refractivity contribution in [2.24, 2.45) is 0 Å². The van der Waals surface area contributed by atoms with Crippen LogP contribution in [-0.2, 0) is 5.60 Å². The van der Waals surface area contributed by atoms with Crippen LogP contribution in [0.25, 0.3) is 0 Å². The van der Waals surface area contributed by atoms with E-state index in [1.165, 1.54) is 6.26 Å². The van der Waals surface area contributed by atoms with E-state index in [1.54, 1.807) is 37.3 Å². The lowest BCUT2D eigenvalue weighted by atomic mass is 9.93. The topological polar surface area (TPSA) is 33.4 Å². The number of halogens is 2. The molecule has 0 aliphatic heterocycles. The van der Waals surface area contributed by atoms with Gasteiger partial charge in [0.05, 0.1) is 10.7 Å². The Balaban J connectivity index is 2.46. The zero-order chi connectivity index (χ0) is 11.8. The Morgan fingerprint density at radius 1 is 1.25 bits per heavy atom. The van der Waals surface area contributed by atoms with Crippen LogP contribution in [0.5, 0.6) is 0 Å². The molecule has 84 valence electrons. The van der Waals surface area contributed by atoms with Gasteiger partial charge in [0.15, 0.2) is 5.76 Å². The third-order valence-corrected chi connectivity index (χ3v) is 3.34. The van der Waals surface area contributed by atoms with Crippen molar-refractivity contribution < 1.29 is 9.52 Å². The first-order valence-electron chi connectivity index (χ1n) is 4.73. The van der Waals surface area contributed by atoms with Gasteiger partial charge in [0.2, 0.25) is 0 Å². The second kappa shape index (κ2) is 4.24. The van der Waals surface area contributed by atoms with E-state index in [4.69, 9.17) is 16.0 Å². The van der Waals surface area contributed by atoms with Crippen molar-refractivity contribution >= 4 is 27.5 Å². The first kappa shape index (κ1) is 11.7. The highest BCUT2D eigenvalue weighted by Gasteiger charge is 2.31. The third kappa shape index (κ3) is 2.03. The molecule has 1 atom stereocenters. The van der Waals surface area contributed by atoms with Crippen LogP contribution < -0.4 is 0 Å². The second-order valence-corrected chi connectivity index (χ2v) is 4.97. The summed E-state index contributed by atoms with van der Waals surface area (Å²) in [6.07, 6.45) is 1.53. The molecule has 0 amide bonds. The molecule has 0 saturated carbocycles. The number of benzene rings is 1. The van der Waals surface area contributed by atoms with Gasteiger partial charge in [-0.05, 0) is 46.6 Å². The molecule has 1 heterocycles. The van der Waals surface area contributed by atoms with Gasteiger partial charge in [0.25, 0.3) is 0 Å². The minimum atomic E-state index is -1.17. The number of hydrogen-bond acceptors (Lipinski definition) is 2. The smallest absolute Gasteiger partial charge is 0.153 e. The van der Waals surface area contributed by atoms with Crippen molar-refractivity contribution in [3.8, 4) is 0 Å². The highest BCUT2D eigenvalue weighted by molar-refractivity contribution is 9.10. The van der Waals surface area contributed by atoms with E-state index in [0.29, 0.717) is 10.8 Å². The van der Waals surface area contributed by atoms with Gasteiger partial charge in [-0.25, -0.2) is 0 Å². The average Bonchev–Trinajstić information content (AvgIpc) is 2.66. The van der Waals surface area contributed by atoms with Gasteiger partial charge in [-0.3, -0.25) is 0 Å². The predicted octanol–water partition coefficient (Wildman–Crippen LogP) is 3.95. The van der Waals surface area contributed by atoms with Crippen LogP contribution >= 0.6 is 27.5 Å². The molecule has 1 unspecified atom stereocenters. The molecule has 2 aromatic rings. The molecule has 16 heavy (non-hydrogen) atoms. The van der Waals surface area contributed by atoms with E-state index in [9.17, 15) is 5.11 Å². The van der Waals surface area contributed by atoms with Crippen molar-refractivity contribution in [2.75, 3.05) is 0 Å². The molecular weight excluding hydrogens is 291 g/mol. The van der Waals surface area contributed by atoms with Crippen LogP contribution in [0.15, 0.2) is 45.5 Å². The number of rotatable bonds is 2. The molecule has 1 aromatic heterocycles. The summed E-state index contributed by atoms with van der Waals surface area (Å²) in [4.78, 5) is 0. The van der Waals surface area contributed by atoms with Gasteiger partial charge < -0.3 is 9.52 Å². The SMILES string of the molecule is CC(O)(c1ccc(Cl)cc1)c1occc1Br. The molecule has 0 spiro atoms. The van der Waals surface area contributed by atoms with Crippen LogP contribution in [-0.4, -0.2) is 5.11 Å². The van der Waals surface area contributed by atoms with Crippen LogP contribution in [0.1, 0.15) is 18.2 Å². The normalized spacial score (nSPS) is 14.8. The van der Waals surface area contributed by atoms with Gasteiger partial charge >= 0.3 is 0 Å². The molecule has 0 radical (unpaired) electrons. The Bertz CT molecular complexity index is 488. The molecule has 0 aliphatic carbocycles. The number of hydrogen-bond donors (Lipinski definition) is 1. The predicted molar refractivity (Wildman–Crippen MR) is 66.5 cm³/mol. The average molecular weight is 302 g/mol. The number of furan rings is 1. The maximum absolute atomic E-state index is 10.5. The molecule has 0 bridgehead atoms. The van der Waals surface area contributed by atoms with E-state index < -0.39 is 5.60 Å². The minimum absolute atomic E-state index is 0.481. The van der Waals surface area contributed by atoms with Gasteiger partial charge in [-0.1, -0.05) is 23.7 Å². The van der Waals surface area contributed by atoms with Crippen molar-refractivity contribution in [3.05, 3.63) is 57.4 Å². The lowest BCUT2D eigenvalue weighted by molar-refractivity contribution is 0.0758. The van der Waals surface area contributed by atoms with E-state index in [-0.39, 0.29) is 0 Å². The highest BCUT2D eigenvalue weighted by atomic mass is 79.9. The fourth-order valence-corrected chi connectivity index (χ4v) is 2.26. The summed E-state index contributed by atoms with van der Waals surface area (Å²) in [6, 6.07) is 8.78. The monoisotopic (exact) mass is 300 g/mol. The van der Waals surface area contributed by atoms with Crippen LogP contribution in [0.2, 0.25) is 5.02 Å². The Kier molecular flexibility index (Phi) is 3.10. The van der Waals surface area contributed by atoms with Crippen LogP contribution in [0, 0.1) is 0 Å². The summed E-state index contributed by atoms with van der Waals surface area (Å²) >= 11 is 9.14. The van der Waals surface area contributed by atoms with Gasteiger partial charge in [-0.2, -0.15) is 0 Å². The quantitative estimate of drug-likeness (QED) is 0.911. The summed E-state index contributed by atoms with van der Waals surface area (Å²) in [7, 11) is 0. The molecule has 0 aliphatic rings. The molecular formula is C12H10BrClO2. The maximum Gasteiger partial charge on any atom is 0.153 e. The standard InChI is InChI=1S/C12H10BrClO2/c1-12(15,11-10(13)6-7-16-11)8-2-4-9(14)5-3-8/h2-7,15H,1H3. The van der Waals surface area contributed by atoms with Crippen molar-refractivity contribution in [1.82, 2.24) is 0 Å². The van der Waals surface area contributed by atoms with Crippen LogP contribution in [0.4, 0.5) is 0 Å². The summed E-state index contributed by atoms with van der Waals surface area (Å²) < 4.78 is 6.03. The fourth-order valence-electron chi connectivity index (χ4n) is 1.55. The molecule has 1 N–H and O–H groups in total. The van der Waals surface area contributed by atoms with E-state index in [0.717, 1.165) is 10.0 Å². The summed E-state index contributed by atoms with van der Waals surface area (Å²) in [5.74, 6) is 0.481. The second-order valence-electron chi connectivity index (χ2n) is 3.68. The Labute approximate surface area is 107 Å². The minimum Gasteiger partial charge on any atom is -0.465 e. The van der Waals surface area contributed by atoms with Gasteiger partial charge in [0.1, 0.15) is 5.60 Å². The first-order valence-corrected chi connectivity index (χ1v) is 5.91. The molecule has 4 heteroatoms. The van der Waals surface area contributed by atoms with Crippen molar-refractivity contribution in [1.29, 1.82) is 0 Å². The Morgan fingerprint density at radius 2 is 1.88 bits per heavy atom. The molecule has 0 saturated heterocycles. The molecule has 2 nitrogen and oxygen atoms in total. The zero-order valence-electron chi connectivity index (χ0n) is 8.58. The van der Waals surface area contributed by atoms with Crippen LogP contribution in [0.3, 0.4) is 0 Å². The summed E-state index contributed by atoms with van der Waals surface area (Å²) in [5, 5.41) is 11.1. The zero-order valence-corrected chi connectivity index (χ0v) is 10.9. The fraction of sp³-hybridized carbons (Fsp3) is 0.167. The first-order chi connectivity index (χ1) is 7.51. The Morgan fingerprint density at radius 3 is 2.38 bits per heavy atom. The van der Waals surface area contributed by atoms with E-state index >= 15 is 0 Å². The van der Waals surface area contributed by atoms with Gasteiger partial charge in [-0.15, -0.1) is 0 Å². The molecule has 1 aromatic carbocycles. The highest BCUT2D eigenvalue weighted by Crippen LogP contribution is 2.35. The van der Waals surface area contributed by atoms with E-state index in [2.05, 4.69) is 15.9 Å². The van der Waals surface area contributed by atoms with Crippen molar-refractivity contribution in [3.63, 3.8) is 0 Å². The lowest BCUT2D eigenvalue weighted by Gasteiger charge is -2.22. The maximum atomic E-state index is 10.5. The molecule has 2 rings (SSSR count). The van der Waals surface area contributed by atoms with Gasteiger partial charge in [0, 0.05) is 5.02 Å². The van der Waals surface area contributed by atoms with Crippen molar-refractivity contribution in [2.45, 2.75) is 12.5 Å². The third-order valence-electron chi connectivity index (χ3n) is 2.47. The Hall–Kier alpha value is -0.770.